The van der Waals surface area contributed by atoms with E-state index in [1.165, 1.54) is 0 Å². The van der Waals surface area contributed by atoms with E-state index in [2.05, 4.69) is 41.7 Å². The highest BCUT2D eigenvalue weighted by Crippen LogP contribution is 2.27. The Morgan fingerprint density at radius 1 is 1.04 bits per heavy atom. The SMILES string of the molecule is Cc1ccc(-n2c(C)ccc2C)c(C(=O)N2Cc3cnn(C)c3C2)c1. The molecule has 2 aromatic heterocycles. The third-order valence-electron chi connectivity index (χ3n) is 5.03. The van der Waals surface area contributed by atoms with E-state index in [1.54, 1.807) is 0 Å². The van der Waals surface area contributed by atoms with Crippen molar-refractivity contribution in [2.24, 2.45) is 7.05 Å². The maximum atomic E-state index is 13.3. The Bertz CT molecular complexity index is 960. The summed E-state index contributed by atoms with van der Waals surface area (Å²) in [5.41, 5.74) is 7.31. The second-order valence-corrected chi connectivity index (χ2v) is 6.87. The fourth-order valence-electron chi connectivity index (χ4n) is 3.67. The fourth-order valence-corrected chi connectivity index (χ4v) is 3.67. The summed E-state index contributed by atoms with van der Waals surface area (Å²) in [5.74, 6) is 0.0717. The monoisotopic (exact) mass is 334 g/mol. The van der Waals surface area contributed by atoms with Gasteiger partial charge in [-0.3, -0.25) is 9.48 Å². The normalized spacial score (nSPS) is 13.4. The largest absolute Gasteiger partial charge is 0.328 e. The summed E-state index contributed by atoms with van der Waals surface area (Å²) >= 11 is 0. The van der Waals surface area contributed by atoms with Gasteiger partial charge in [-0.05, 0) is 45.0 Å². The lowest BCUT2D eigenvalue weighted by Crippen LogP contribution is -2.27. The first-order chi connectivity index (χ1) is 12.0. The molecule has 0 aliphatic carbocycles. The first kappa shape index (κ1) is 15.7. The number of amides is 1. The van der Waals surface area contributed by atoms with Gasteiger partial charge >= 0.3 is 0 Å². The smallest absolute Gasteiger partial charge is 0.256 e. The standard InChI is InChI=1S/C20H22N4O/c1-13-5-8-18(24-14(2)6-7-15(24)3)17(9-13)20(25)23-11-16-10-21-22(4)19(16)12-23/h5-10H,11-12H2,1-4H3. The summed E-state index contributed by atoms with van der Waals surface area (Å²) in [6, 6.07) is 10.3. The van der Waals surface area contributed by atoms with Crippen LogP contribution in [0, 0.1) is 20.8 Å². The lowest BCUT2D eigenvalue weighted by Gasteiger charge is -2.20. The van der Waals surface area contributed by atoms with Gasteiger partial charge in [-0.25, -0.2) is 0 Å². The highest BCUT2D eigenvalue weighted by molar-refractivity contribution is 5.98. The second kappa shape index (κ2) is 5.62. The lowest BCUT2D eigenvalue weighted by molar-refractivity contribution is 0.0748. The number of aryl methyl sites for hydroxylation is 4. The first-order valence-corrected chi connectivity index (χ1v) is 8.50. The molecular formula is C20H22N4O. The van der Waals surface area contributed by atoms with Gasteiger partial charge in [0.25, 0.3) is 5.91 Å². The Balaban J connectivity index is 1.76. The minimum atomic E-state index is 0.0717. The zero-order chi connectivity index (χ0) is 17.7. The number of rotatable bonds is 2. The number of hydrogen-bond donors (Lipinski definition) is 0. The summed E-state index contributed by atoms with van der Waals surface area (Å²) in [4.78, 5) is 15.2. The van der Waals surface area contributed by atoms with Gasteiger partial charge in [0.2, 0.25) is 0 Å². The van der Waals surface area contributed by atoms with E-state index in [9.17, 15) is 4.79 Å². The van der Waals surface area contributed by atoms with E-state index in [-0.39, 0.29) is 5.91 Å². The number of aromatic nitrogens is 3. The molecule has 25 heavy (non-hydrogen) atoms. The van der Waals surface area contributed by atoms with E-state index < -0.39 is 0 Å². The summed E-state index contributed by atoms with van der Waals surface area (Å²) in [7, 11) is 1.93. The van der Waals surface area contributed by atoms with Crippen molar-refractivity contribution >= 4 is 5.91 Å². The van der Waals surface area contributed by atoms with Crippen molar-refractivity contribution in [2.45, 2.75) is 33.9 Å². The van der Waals surface area contributed by atoms with Crippen LogP contribution in [0.1, 0.15) is 38.6 Å². The van der Waals surface area contributed by atoms with Crippen LogP contribution in [0.5, 0.6) is 0 Å². The van der Waals surface area contributed by atoms with Gasteiger partial charge in [0.05, 0.1) is 29.7 Å². The summed E-state index contributed by atoms with van der Waals surface area (Å²) in [5, 5.41) is 4.27. The molecule has 5 heteroatoms. The topological polar surface area (TPSA) is 43.1 Å². The van der Waals surface area contributed by atoms with E-state index in [4.69, 9.17) is 0 Å². The zero-order valence-corrected chi connectivity index (χ0v) is 15.1. The third-order valence-corrected chi connectivity index (χ3v) is 5.03. The maximum absolute atomic E-state index is 13.3. The molecular weight excluding hydrogens is 312 g/mol. The average Bonchev–Trinajstić information content (AvgIpc) is 3.25. The van der Waals surface area contributed by atoms with Crippen molar-refractivity contribution in [3.05, 3.63) is 70.3 Å². The van der Waals surface area contributed by atoms with Crippen molar-refractivity contribution in [1.82, 2.24) is 19.2 Å². The number of hydrogen-bond acceptors (Lipinski definition) is 2. The highest BCUT2D eigenvalue weighted by Gasteiger charge is 2.28. The van der Waals surface area contributed by atoms with Gasteiger partial charge in [-0.1, -0.05) is 11.6 Å². The Hall–Kier alpha value is -2.82. The fraction of sp³-hybridized carbons (Fsp3) is 0.300. The third kappa shape index (κ3) is 2.47. The number of fused-ring (bicyclic) bond motifs is 1. The molecule has 0 radical (unpaired) electrons. The summed E-state index contributed by atoms with van der Waals surface area (Å²) in [6.07, 6.45) is 1.86. The lowest BCUT2D eigenvalue weighted by atomic mass is 10.1. The molecule has 1 aliphatic rings. The van der Waals surface area contributed by atoms with Gasteiger partial charge in [0, 0.05) is 30.5 Å². The van der Waals surface area contributed by atoms with Crippen LogP contribution in [-0.2, 0) is 20.1 Å². The number of benzene rings is 1. The number of carbonyl (C=O) groups excluding carboxylic acids is 1. The van der Waals surface area contributed by atoms with Crippen LogP contribution in [0.2, 0.25) is 0 Å². The molecule has 0 atom stereocenters. The van der Waals surface area contributed by atoms with Crippen LogP contribution in [0.15, 0.2) is 36.5 Å². The van der Waals surface area contributed by atoms with Crippen LogP contribution >= 0.6 is 0 Å². The minimum absolute atomic E-state index is 0.0717. The van der Waals surface area contributed by atoms with E-state index in [0.29, 0.717) is 13.1 Å². The average molecular weight is 334 g/mol. The van der Waals surface area contributed by atoms with Gasteiger partial charge < -0.3 is 9.47 Å². The van der Waals surface area contributed by atoms with Gasteiger partial charge in [-0.15, -0.1) is 0 Å². The molecule has 4 rings (SSSR count). The minimum Gasteiger partial charge on any atom is -0.328 e. The van der Waals surface area contributed by atoms with Gasteiger partial charge in [0.1, 0.15) is 0 Å². The van der Waals surface area contributed by atoms with Crippen molar-refractivity contribution in [1.29, 1.82) is 0 Å². The van der Waals surface area contributed by atoms with Crippen molar-refractivity contribution in [3.63, 3.8) is 0 Å². The molecule has 0 saturated heterocycles. The Morgan fingerprint density at radius 2 is 1.76 bits per heavy atom. The molecule has 3 aromatic rings. The van der Waals surface area contributed by atoms with Crippen LogP contribution in [0.25, 0.3) is 5.69 Å². The van der Waals surface area contributed by atoms with Crippen LogP contribution < -0.4 is 0 Å². The summed E-state index contributed by atoms with van der Waals surface area (Å²) < 4.78 is 4.01. The van der Waals surface area contributed by atoms with Crippen molar-refractivity contribution in [2.75, 3.05) is 0 Å². The second-order valence-electron chi connectivity index (χ2n) is 6.87. The Morgan fingerprint density at radius 3 is 2.44 bits per heavy atom. The predicted octanol–water partition coefficient (Wildman–Crippen LogP) is 3.29. The Labute approximate surface area is 147 Å². The molecule has 0 N–H and O–H groups in total. The van der Waals surface area contributed by atoms with Crippen LogP contribution in [-0.4, -0.2) is 25.2 Å². The molecule has 0 saturated carbocycles. The molecule has 1 amide bonds. The van der Waals surface area contributed by atoms with E-state index in [0.717, 1.165) is 39.5 Å². The van der Waals surface area contributed by atoms with Crippen LogP contribution in [0.3, 0.4) is 0 Å². The van der Waals surface area contributed by atoms with Crippen molar-refractivity contribution in [3.8, 4) is 5.69 Å². The maximum Gasteiger partial charge on any atom is 0.256 e. The molecule has 0 fully saturated rings. The summed E-state index contributed by atoms with van der Waals surface area (Å²) in [6.45, 7) is 7.40. The first-order valence-electron chi connectivity index (χ1n) is 8.50. The molecule has 0 bridgehead atoms. The molecule has 3 heterocycles. The van der Waals surface area contributed by atoms with Gasteiger partial charge in [-0.2, -0.15) is 5.10 Å². The van der Waals surface area contributed by atoms with E-state index in [1.807, 2.05) is 41.9 Å². The predicted molar refractivity (Wildman–Crippen MR) is 96.8 cm³/mol. The number of carbonyl (C=O) groups is 1. The van der Waals surface area contributed by atoms with Crippen LogP contribution in [0.4, 0.5) is 0 Å². The highest BCUT2D eigenvalue weighted by atomic mass is 16.2. The Kier molecular flexibility index (Phi) is 3.53. The zero-order valence-electron chi connectivity index (χ0n) is 15.1. The molecule has 1 aliphatic heterocycles. The molecule has 0 spiro atoms. The van der Waals surface area contributed by atoms with Crippen molar-refractivity contribution < 1.29 is 4.79 Å². The van der Waals surface area contributed by atoms with Gasteiger partial charge in [0.15, 0.2) is 0 Å². The number of nitrogens with zero attached hydrogens (tertiary/aromatic N) is 4. The molecule has 128 valence electrons. The molecule has 1 aromatic carbocycles. The molecule has 5 nitrogen and oxygen atoms in total. The molecule has 0 unspecified atom stereocenters. The van der Waals surface area contributed by atoms with E-state index >= 15 is 0 Å². The quantitative estimate of drug-likeness (QED) is 0.722.